The molecule has 1 saturated heterocycles. The van der Waals surface area contributed by atoms with Crippen molar-refractivity contribution in [2.75, 3.05) is 19.6 Å². The minimum Gasteiger partial charge on any atom is -0.388 e. The van der Waals surface area contributed by atoms with Crippen LogP contribution >= 0.6 is 0 Å². The highest BCUT2D eigenvalue weighted by Crippen LogP contribution is 2.31. The van der Waals surface area contributed by atoms with E-state index in [4.69, 9.17) is 5.11 Å². The number of aliphatic hydroxyl groups excluding tert-OH is 2. The molecule has 2 N–H and O–H groups in total. The van der Waals surface area contributed by atoms with E-state index in [9.17, 15) is 22.7 Å². The summed E-state index contributed by atoms with van der Waals surface area (Å²) in [5, 5.41) is 19.3. The molecule has 1 aromatic rings. The first kappa shape index (κ1) is 17.2. The number of hydrogen-bond acceptors (Lipinski definition) is 3. The lowest BCUT2D eigenvalue weighted by molar-refractivity contribution is -0.209. The van der Waals surface area contributed by atoms with E-state index in [-0.39, 0.29) is 11.7 Å². The Balaban J connectivity index is 1.85. The fourth-order valence-electron chi connectivity index (χ4n) is 2.73. The van der Waals surface area contributed by atoms with Gasteiger partial charge in [-0.1, -0.05) is 12.1 Å². The van der Waals surface area contributed by atoms with E-state index < -0.39 is 24.9 Å². The Morgan fingerprint density at radius 2 is 1.64 bits per heavy atom. The molecule has 1 fully saturated rings. The summed E-state index contributed by atoms with van der Waals surface area (Å²) in [7, 11) is 0. The van der Waals surface area contributed by atoms with E-state index in [0.29, 0.717) is 31.5 Å². The molecule has 0 aromatic heterocycles. The summed E-state index contributed by atoms with van der Waals surface area (Å²) in [6, 6.07) is 5.57. The number of halogens is 4. The van der Waals surface area contributed by atoms with Gasteiger partial charge in [-0.3, -0.25) is 0 Å². The van der Waals surface area contributed by atoms with Gasteiger partial charge in [0.15, 0.2) is 6.10 Å². The average molecular weight is 321 g/mol. The Morgan fingerprint density at radius 3 is 2.14 bits per heavy atom. The van der Waals surface area contributed by atoms with Crippen molar-refractivity contribution in [3.63, 3.8) is 0 Å². The predicted octanol–water partition coefficient (Wildman–Crippen LogP) is 2.49. The van der Waals surface area contributed by atoms with Gasteiger partial charge in [-0.05, 0) is 49.5 Å². The zero-order valence-corrected chi connectivity index (χ0v) is 11.9. The van der Waals surface area contributed by atoms with E-state index in [1.165, 1.54) is 24.3 Å². The number of aliphatic hydroxyl groups is 2. The van der Waals surface area contributed by atoms with Crippen molar-refractivity contribution in [2.24, 2.45) is 5.92 Å². The third-order valence-electron chi connectivity index (χ3n) is 4.10. The van der Waals surface area contributed by atoms with Crippen LogP contribution < -0.4 is 0 Å². The van der Waals surface area contributed by atoms with Gasteiger partial charge >= 0.3 is 6.18 Å². The molecule has 124 valence electrons. The van der Waals surface area contributed by atoms with Crippen LogP contribution in [0.2, 0.25) is 0 Å². The quantitative estimate of drug-likeness (QED) is 0.838. The van der Waals surface area contributed by atoms with Crippen molar-refractivity contribution in [3.05, 3.63) is 35.6 Å². The van der Waals surface area contributed by atoms with Gasteiger partial charge in [0.05, 0.1) is 6.10 Å². The van der Waals surface area contributed by atoms with E-state index in [1.54, 1.807) is 4.90 Å². The largest absolute Gasteiger partial charge is 0.415 e. The summed E-state index contributed by atoms with van der Waals surface area (Å²) in [4.78, 5) is 1.55. The molecule has 1 aliphatic heterocycles. The first-order valence-corrected chi connectivity index (χ1v) is 7.18. The van der Waals surface area contributed by atoms with Crippen LogP contribution in [0.5, 0.6) is 0 Å². The van der Waals surface area contributed by atoms with E-state index >= 15 is 0 Å². The number of nitrogens with zero attached hydrogens (tertiary/aromatic N) is 1. The highest BCUT2D eigenvalue weighted by atomic mass is 19.4. The molecule has 22 heavy (non-hydrogen) atoms. The summed E-state index contributed by atoms with van der Waals surface area (Å²) in [5.41, 5.74) is 0.607. The summed E-state index contributed by atoms with van der Waals surface area (Å²) in [6.45, 7) is 0.328. The van der Waals surface area contributed by atoms with Crippen LogP contribution in [-0.4, -0.2) is 47.0 Å². The van der Waals surface area contributed by atoms with Crippen molar-refractivity contribution in [1.29, 1.82) is 0 Å². The lowest BCUT2D eigenvalue weighted by Gasteiger charge is -2.35. The molecule has 0 spiro atoms. The molecule has 1 aliphatic rings. The number of hydrogen-bond donors (Lipinski definition) is 2. The Labute approximate surface area is 126 Å². The number of benzene rings is 1. The zero-order chi connectivity index (χ0) is 16.3. The number of likely N-dealkylation sites (tertiary alicyclic amines) is 1. The average Bonchev–Trinajstić information content (AvgIpc) is 2.47. The van der Waals surface area contributed by atoms with E-state index in [0.717, 1.165) is 0 Å². The van der Waals surface area contributed by atoms with Gasteiger partial charge in [0, 0.05) is 6.54 Å². The molecular weight excluding hydrogens is 302 g/mol. The smallest absolute Gasteiger partial charge is 0.388 e. The highest BCUT2D eigenvalue weighted by molar-refractivity contribution is 5.19. The first-order chi connectivity index (χ1) is 10.3. The van der Waals surface area contributed by atoms with Crippen LogP contribution in [0.1, 0.15) is 24.5 Å². The van der Waals surface area contributed by atoms with Crippen LogP contribution in [0, 0.1) is 11.7 Å². The van der Waals surface area contributed by atoms with Crippen molar-refractivity contribution >= 4 is 0 Å². The molecular formula is C15H19F4NO2. The molecule has 1 heterocycles. The third-order valence-corrected chi connectivity index (χ3v) is 4.10. The Hall–Kier alpha value is -1.18. The minimum absolute atomic E-state index is 0.0789. The predicted molar refractivity (Wildman–Crippen MR) is 72.6 cm³/mol. The zero-order valence-electron chi connectivity index (χ0n) is 11.9. The van der Waals surface area contributed by atoms with Crippen LogP contribution in [0.25, 0.3) is 0 Å². The summed E-state index contributed by atoms with van der Waals surface area (Å²) >= 11 is 0. The highest BCUT2D eigenvalue weighted by Gasteiger charge is 2.39. The third kappa shape index (κ3) is 4.41. The molecule has 7 heteroatoms. The Kier molecular flexibility index (Phi) is 5.41. The molecule has 0 radical (unpaired) electrons. The summed E-state index contributed by atoms with van der Waals surface area (Å²) in [5.74, 6) is -0.461. The number of β-amino-alcohol motifs (C(OH)–C–C–N with tert-alkyl or cyclic N) is 1. The lowest BCUT2D eigenvalue weighted by Crippen LogP contribution is -2.44. The molecule has 1 aromatic carbocycles. The second-order valence-corrected chi connectivity index (χ2v) is 5.69. The molecule has 2 rings (SSSR count). The maximum absolute atomic E-state index is 12.9. The summed E-state index contributed by atoms with van der Waals surface area (Å²) in [6.07, 6.45) is -6.64. The van der Waals surface area contributed by atoms with Crippen molar-refractivity contribution in [2.45, 2.75) is 31.2 Å². The monoisotopic (exact) mass is 321 g/mol. The summed E-state index contributed by atoms with van der Waals surface area (Å²) < 4.78 is 49.8. The van der Waals surface area contributed by atoms with Crippen LogP contribution in [-0.2, 0) is 0 Å². The van der Waals surface area contributed by atoms with Crippen LogP contribution in [0.4, 0.5) is 17.6 Å². The van der Waals surface area contributed by atoms with Gasteiger partial charge in [0.1, 0.15) is 5.82 Å². The SMILES string of the molecule is O[C@H](CN1CCC([C@@H](O)c2ccc(F)cc2)CC1)C(F)(F)F. The molecule has 0 bridgehead atoms. The van der Waals surface area contributed by atoms with Gasteiger partial charge in [-0.2, -0.15) is 13.2 Å². The van der Waals surface area contributed by atoms with Crippen molar-refractivity contribution in [1.82, 2.24) is 4.90 Å². The molecule has 0 saturated carbocycles. The van der Waals surface area contributed by atoms with Crippen LogP contribution in [0.3, 0.4) is 0 Å². The van der Waals surface area contributed by atoms with Crippen molar-refractivity contribution in [3.8, 4) is 0 Å². The number of alkyl halides is 3. The van der Waals surface area contributed by atoms with Gasteiger partial charge in [-0.15, -0.1) is 0 Å². The topological polar surface area (TPSA) is 43.7 Å². The van der Waals surface area contributed by atoms with Crippen molar-refractivity contribution < 1.29 is 27.8 Å². The van der Waals surface area contributed by atoms with Gasteiger partial charge < -0.3 is 15.1 Å². The second-order valence-electron chi connectivity index (χ2n) is 5.69. The standard InChI is InChI=1S/C15H19F4NO2/c16-12-3-1-10(2-4-12)14(22)11-5-7-20(8-6-11)9-13(21)15(17,18)19/h1-4,11,13-14,21-22H,5-9H2/t13-,14+/m1/s1. The fourth-order valence-corrected chi connectivity index (χ4v) is 2.73. The van der Waals surface area contributed by atoms with Gasteiger partial charge in [-0.25, -0.2) is 4.39 Å². The lowest BCUT2D eigenvalue weighted by atomic mass is 9.87. The molecule has 0 unspecified atom stereocenters. The normalized spacial score (nSPS) is 20.8. The van der Waals surface area contributed by atoms with E-state index in [2.05, 4.69) is 0 Å². The van der Waals surface area contributed by atoms with Crippen LogP contribution in [0.15, 0.2) is 24.3 Å². The maximum Gasteiger partial charge on any atom is 0.415 e. The maximum atomic E-state index is 12.9. The number of rotatable bonds is 4. The Bertz CT molecular complexity index is 469. The van der Waals surface area contributed by atoms with Gasteiger partial charge in [0.2, 0.25) is 0 Å². The molecule has 2 atom stereocenters. The van der Waals surface area contributed by atoms with Gasteiger partial charge in [0.25, 0.3) is 0 Å². The molecule has 0 amide bonds. The number of piperidine rings is 1. The molecule has 3 nitrogen and oxygen atoms in total. The first-order valence-electron chi connectivity index (χ1n) is 7.18. The Morgan fingerprint density at radius 1 is 1.09 bits per heavy atom. The fraction of sp³-hybridized carbons (Fsp3) is 0.600. The minimum atomic E-state index is -4.61. The molecule has 0 aliphatic carbocycles. The van der Waals surface area contributed by atoms with E-state index in [1.807, 2.05) is 0 Å². The second kappa shape index (κ2) is 6.93.